The van der Waals surface area contributed by atoms with E-state index in [1.165, 1.54) is 57.8 Å². The van der Waals surface area contributed by atoms with Crippen LogP contribution in [0.2, 0.25) is 0 Å². The molecule has 6 nitrogen and oxygen atoms in total. The zero-order valence-electron chi connectivity index (χ0n) is 46.1. The summed E-state index contributed by atoms with van der Waals surface area (Å²) in [5, 5.41) is 0. The summed E-state index contributed by atoms with van der Waals surface area (Å²) in [4.78, 5) is 38.1. The molecule has 0 saturated carbocycles. The third kappa shape index (κ3) is 56.2. The number of carbonyl (C=O) groups excluding carboxylic acids is 3. The van der Waals surface area contributed by atoms with Gasteiger partial charge in [-0.05, 0) is 122 Å². The number of ether oxygens (including phenoxy) is 3. The quantitative estimate of drug-likeness (QED) is 0.0261. The molecule has 1 atom stereocenters. The van der Waals surface area contributed by atoms with Crippen LogP contribution in [0.3, 0.4) is 0 Å². The van der Waals surface area contributed by atoms with Crippen LogP contribution >= 0.6 is 0 Å². The Morgan fingerprint density at radius 1 is 0.292 bits per heavy atom. The van der Waals surface area contributed by atoms with Crippen molar-refractivity contribution in [3.63, 3.8) is 0 Å². The molecule has 404 valence electrons. The van der Waals surface area contributed by atoms with Gasteiger partial charge in [0.25, 0.3) is 0 Å². The normalized spacial score (nSPS) is 13.2. The molecule has 0 fully saturated rings. The summed E-state index contributed by atoms with van der Waals surface area (Å²) >= 11 is 0. The van der Waals surface area contributed by atoms with Crippen LogP contribution in [0.4, 0.5) is 0 Å². The van der Waals surface area contributed by atoms with Crippen LogP contribution in [-0.2, 0) is 28.6 Å². The van der Waals surface area contributed by atoms with E-state index in [1.807, 2.05) is 0 Å². The average Bonchev–Trinajstić information content (AvgIpc) is 3.38. The van der Waals surface area contributed by atoms with Crippen molar-refractivity contribution >= 4 is 17.9 Å². The van der Waals surface area contributed by atoms with Crippen molar-refractivity contribution in [1.29, 1.82) is 0 Å². The third-order valence-electron chi connectivity index (χ3n) is 11.6. The van der Waals surface area contributed by atoms with E-state index in [2.05, 4.69) is 167 Å². The standard InChI is InChI=1S/C66H104O6/c1-4-7-10-13-16-19-22-25-27-28-29-30-31-32-33-34-35-36-37-38-40-41-44-47-50-53-56-59-65(68)71-62-63(61-70-64(67)58-55-52-49-46-43-24-21-18-15-12-9-6-3)72-66(69)60-57-54-51-48-45-42-39-26-23-20-17-14-11-8-5-2/h7-8,10-11,16-17,19-20,25-27,29-30,32-33,35-36,38-40,44-45,47-48,63H,4-6,9,12-15,18,21-24,28,31,34,37,41-43,46,49-62H2,1-3H3/b10-7-,11-8-,19-16-,20-17-,27-25-,30-29-,33-32-,36-35-,39-26-,40-38-,47-44-,48-45-. The minimum absolute atomic E-state index is 0.112. The van der Waals surface area contributed by atoms with Crippen molar-refractivity contribution in [3.8, 4) is 0 Å². The van der Waals surface area contributed by atoms with Crippen LogP contribution in [0.1, 0.15) is 233 Å². The van der Waals surface area contributed by atoms with E-state index in [4.69, 9.17) is 14.2 Å². The first-order valence-electron chi connectivity index (χ1n) is 28.8. The molecule has 72 heavy (non-hydrogen) atoms. The highest BCUT2D eigenvalue weighted by molar-refractivity contribution is 5.71. The molecule has 0 heterocycles. The van der Waals surface area contributed by atoms with Crippen LogP contribution in [0.25, 0.3) is 0 Å². The number of carbonyl (C=O) groups is 3. The molecule has 0 bridgehead atoms. The van der Waals surface area contributed by atoms with Crippen molar-refractivity contribution in [3.05, 3.63) is 146 Å². The zero-order chi connectivity index (χ0) is 52.2. The monoisotopic (exact) mass is 993 g/mol. The van der Waals surface area contributed by atoms with Gasteiger partial charge in [-0.25, -0.2) is 0 Å². The second kappa shape index (κ2) is 58.9. The molecule has 0 N–H and O–H groups in total. The van der Waals surface area contributed by atoms with E-state index in [0.717, 1.165) is 122 Å². The Morgan fingerprint density at radius 3 is 0.847 bits per heavy atom. The molecule has 0 aromatic carbocycles. The van der Waals surface area contributed by atoms with Gasteiger partial charge in [0.2, 0.25) is 0 Å². The molecule has 0 amide bonds. The molecular formula is C66H104O6. The predicted molar refractivity (Wildman–Crippen MR) is 311 cm³/mol. The lowest BCUT2D eigenvalue weighted by Gasteiger charge is -2.18. The fourth-order valence-corrected chi connectivity index (χ4v) is 7.33. The first kappa shape index (κ1) is 67.3. The van der Waals surface area contributed by atoms with Crippen LogP contribution < -0.4 is 0 Å². The SMILES string of the molecule is CC/C=C\C/C=C\C/C=C\C/C=C\C/C=C\C/C=C\C/C=C\C/C=C\CCCCC(=O)OCC(COC(=O)CCCCCCCCCCCCCC)OC(=O)CCCC/C=C\C/C=C\C/C=C\C/C=C\CC. The fourth-order valence-electron chi connectivity index (χ4n) is 7.33. The van der Waals surface area contributed by atoms with Crippen molar-refractivity contribution in [2.45, 2.75) is 239 Å². The molecule has 0 radical (unpaired) electrons. The van der Waals surface area contributed by atoms with Gasteiger partial charge in [0.05, 0.1) is 0 Å². The minimum Gasteiger partial charge on any atom is -0.462 e. The average molecular weight is 994 g/mol. The van der Waals surface area contributed by atoms with E-state index < -0.39 is 6.10 Å². The maximum atomic E-state index is 12.8. The van der Waals surface area contributed by atoms with Gasteiger partial charge in [-0.2, -0.15) is 0 Å². The minimum atomic E-state index is -0.822. The fraction of sp³-hybridized carbons (Fsp3) is 0.591. The topological polar surface area (TPSA) is 78.9 Å². The Morgan fingerprint density at radius 2 is 0.542 bits per heavy atom. The van der Waals surface area contributed by atoms with Crippen molar-refractivity contribution in [1.82, 2.24) is 0 Å². The first-order valence-corrected chi connectivity index (χ1v) is 28.8. The summed E-state index contributed by atoms with van der Waals surface area (Å²) < 4.78 is 16.8. The van der Waals surface area contributed by atoms with Gasteiger partial charge in [-0.1, -0.05) is 237 Å². The molecule has 0 aliphatic heterocycles. The molecule has 0 rings (SSSR count). The maximum absolute atomic E-state index is 12.8. The van der Waals surface area contributed by atoms with Crippen LogP contribution in [0.5, 0.6) is 0 Å². The summed E-state index contributed by atoms with van der Waals surface area (Å²) in [6.07, 6.45) is 84.2. The highest BCUT2D eigenvalue weighted by Crippen LogP contribution is 2.14. The van der Waals surface area contributed by atoms with Crippen LogP contribution in [0, 0.1) is 0 Å². The van der Waals surface area contributed by atoms with Gasteiger partial charge in [-0.3, -0.25) is 14.4 Å². The highest BCUT2D eigenvalue weighted by Gasteiger charge is 2.19. The molecular weight excluding hydrogens is 889 g/mol. The first-order chi connectivity index (χ1) is 35.5. The lowest BCUT2D eigenvalue weighted by molar-refractivity contribution is -0.167. The smallest absolute Gasteiger partial charge is 0.306 e. The Labute approximate surface area is 442 Å². The van der Waals surface area contributed by atoms with E-state index >= 15 is 0 Å². The second-order valence-corrected chi connectivity index (χ2v) is 18.4. The molecule has 6 heteroatoms. The summed E-state index contributed by atoms with van der Waals surface area (Å²) in [6, 6.07) is 0. The molecule has 1 unspecified atom stereocenters. The third-order valence-corrected chi connectivity index (χ3v) is 11.6. The van der Waals surface area contributed by atoms with Gasteiger partial charge >= 0.3 is 17.9 Å². The van der Waals surface area contributed by atoms with E-state index in [1.54, 1.807) is 0 Å². The van der Waals surface area contributed by atoms with Crippen LogP contribution in [-0.4, -0.2) is 37.2 Å². The summed E-state index contributed by atoms with van der Waals surface area (Å²) in [5.41, 5.74) is 0. The van der Waals surface area contributed by atoms with E-state index in [-0.39, 0.29) is 44.0 Å². The summed E-state index contributed by atoms with van der Waals surface area (Å²) in [6.45, 7) is 6.32. The number of allylic oxidation sites excluding steroid dienone is 24. The Hall–Kier alpha value is -4.71. The van der Waals surface area contributed by atoms with E-state index in [0.29, 0.717) is 19.3 Å². The van der Waals surface area contributed by atoms with Crippen molar-refractivity contribution in [2.75, 3.05) is 13.2 Å². The predicted octanol–water partition coefficient (Wildman–Crippen LogP) is 19.6. The van der Waals surface area contributed by atoms with Gasteiger partial charge in [0, 0.05) is 19.3 Å². The largest absolute Gasteiger partial charge is 0.462 e. The van der Waals surface area contributed by atoms with Gasteiger partial charge in [-0.15, -0.1) is 0 Å². The molecule has 0 spiro atoms. The number of hydrogen-bond acceptors (Lipinski definition) is 6. The van der Waals surface area contributed by atoms with Crippen molar-refractivity contribution in [2.24, 2.45) is 0 Å². The molecule has 0 aromatic heterocycles. The number of esters is 3. The van der Waals surface area contributed by atoms with Gasteiger partial charge < -0.3 is 14.2 Å². The van der Waals surface area contributed by atoms with E-state index in [9.17, 15) is 14.4 Å². The highest BCUT2D eigenvalue weighted by atomic mass is 16.6. The lowest BCUT2D eigenvalue weighted by atomic mass is 10.0. The number of unbranched alkanes of at least 4 members (excludes halogenated alkanes) is 15. The van der Waals surface area contributed by atoms with Gasteiger partial charge in [0.1, 0.15) is 13.2 Å². The Bertz CT molecular complexity index is 1610. The van der Waals surface area contributed by atoms with Gasteiger partial charge in [0.15, 0.2) is 6.10 Å². The Kier molecular flexibility index (Phi) is 55.0. The Balaban J connectivity index is 4.47. The zero-order valence-corrected chi connectivity index (χ0v) is 46.1. The molecule has 0 saturated heterocycles. The molecule has 0 aromatic rings. The maximum Gasteiger partial charge on any atom is 0.306 e. The lowest BCUT2D eigenvalue weighted by Crippen LogP contribution is -2.30. The summed E-state index contributed by atoms with van der Waals surface area (Å²) in [5.74, 6) is -1.01. The van der Waals surface area contributed by atoms with Crippen LogP contribution in [0.15, 0.2) is 146 Å². The number of rotatable bonds is 50. The molecule has 0 aliphatic carbocycles. The molecule has 0 aliphatic rings. The number of hydrogen-bond donors (Lipinski definition) is 0. The van der Waals surface area contributed by atoms with Crippen molar-refractivity contribution < 1.29 is 28.6 Å². The second-order valence-electron chi connectivity index (χ2n) is 18.4. The summed E-state index contributed by atoms with van der Waals surface area (Å²) in [7, 11) is 0.